The molecule has 122 valence electrons. The van der Waals surface area contributed by atoms with Crippen molar-refractivity contribution in [2.45, 2.75) is 36.3 Å². The summed E-state index contributed by atoms with van der Waals surface area (Å²) in [4.78, 5) is 0.283. The quantitative estimate of drug-likeness (QED) is 0.826. The van der Waals surface area contributed by atoms with Gasteiger partial charge < -0.3 is 10.1 Å². The molecule has 0 radical (unpaired) electrons. The molecule has 0 aliphatic carbocycles. The predicted molar refractivity (Wildman–Crippen MR) is 88.2 cm³/mol. The Hall–Kier alpha value is -0.470. The third-order valence-electron chi connectivity index (χ3n) is 4.42. The van der Waals surface area contributed by atoms with Crippen molar-refractivity contribution in [1.29, 1.82) is 0 Å². The van der Waals surface area contributed by atoms with Crippen molar-refractivity contribution in [3.8, 4) is 0 Å². The second kappa shape index (κ2) is 6.97. The van der Waals surface area contributed by atoms with Gasteiger partial charge in [-0.05, 0) is 66.3 Å². The number of nitrogens with one attached hydrogen (secondary N) is 2. The van der Waals surface area contributed by atoms with E-state index in [-0.39, 0.29) is 17.0 Å². The molecule has 22 heavy (non-hydrogen) atoms. The molecule has 2 heterocycles. The molecule has 3 rings (SSSR count). The van der Waals surface area contributed by atoms with Gasteiger partial charge in [-0.2, -0.15) is 0 Å². The van der Waals surface area contributed by atoms with Gasteiger partial charge >= 0.3 is 0 Å². The van der Waals surface area contributed by atoms with Crippen molar-refractivity contribution < 1.29 is 13.2 Å². The molecule has 2 saturated heterocycles. The fourth-order valence-corrected chi connectivity index (χ4v) is 5.58. The van der Waals surface area contributed by atoms with Crippen molar-refractivity contribution >= 4 is 26.0 Å². The monoisotopic (exact) mass is 388 g/mol. The van der Waals surface area contributed by atoms with Crippen LogP contribution < -0.4 is 10.0 Å². The van der Waals surface area contributed by atoms with Crippen LogP contribution in [0.1, 0.15) is 19.3 Å². The Labute approximate surface area is 140 Å². The molecule has 1 aromatic rings. The summed E-state index contributed by atoms with van der Waals surface area (Å²) in [5.41, 5.74) is 0. The Bertz CT molecular complexity index is 617. The highest BCUT2D eigenvalue weighted by molar-refractivity contribution is 9.10. The number of ether oxygens (including phenoxy) is 1. The highest BCUT2D eigenvalue weighted by Crippen LogP contribution is 2.29. The maximum atomic E-state index is 12.6. The summed E-state index contributed by atoms with van der Waals surface area (Å²) < 4.78 is 34.5. The third-order valence-corrected chi connectivity index (χ3v) is 6.92. The van der Waals surface area contributed by atoms with E-state index in [0.29, 0.717) is 17.0 Å². The normalized spacial score (nSPS) is 27.1. The molecule has 7 heteroatoms. The fraction of sp³-hybridized carbons (Fsp3) is 0.600. The largest absolute Gasteiger partial charge is 0.376 e. The molecule has 2 atom stereocenters. The van der Waals surface area contributed by atoms with Gasteiger partial charge in [-0.25, -0.2) is 13.1 Å². The van der Waals surface area contributed by atoms with Crippen LogP contribution in [0.25, 0.3) is 0 Å². The fourth-order valence-electron chi connectivity index (χ4n) is 3.30. The number of halogens is 1. The molecule has 0 bridgehead atoms. The summed E-state index contributed by atoms with van der Waals surface area (Å²) in [6.07, 6.45) is 2.80. The van der Waals surface area contributed by atoms with E-state index < -0.39 is 10.0 Å². The van der Waals surface area contributed by atoms with Crippen LogP contribution in [0.4, 0.5) is 0 Å². The van der Waals surface area contributed by atoms with Gasteiger partial charge in [0.25, 0.3) is 0 Å². The first-order chi connectivity index (χ1) is 10.6. The Morgan fingerprint density at radius 3 is 2.64 bits per heavy atom. The highest BCUT2D eigenvalue weighted by atomic mass is 79.9. The van der Waals surface area contributed by atoms with E-state index in [1.165, 1.54) is 0 Å². The standard InChI is InChI=1S/C15H21BrN2O3S/c16-12-3-1-2-4-14(12)22(19,20)18-13-7-10-21-15(13)11-5-8-17-9-6-11/h1-4,11,13,15,17-18H,5-10H2/t13-,15+/m1/s1. The van der Waals surface area contributed by atoms with Gasteiger partial charge in [0.1, 0.15) is 0 Å². The molecule has 2 aliphatic rings. The molecule has 2 aliphatic heterocycles. The smallest absolute Gasteiger partial charge is 0.242 e. The van der Waals surface area contributed by atoms with Gasteiger partial charge in [0, 0.05) is 11.1 Å². The predicted octanol–water partition coefficient (Wildman–Crippen LogP) is 1.88. The molecule has 0 aromatic heterocycles. The van der Waals surface area contributed by atoms with Gasteiger partial charge in [0.15, 0.2) is 0 Å². The first kappa shape index (κ1) is 16.4. The lowest BCUT2D eigenvalue weighted by Gasteiger charge is -2.31. The lowest BCUT2D eigenvalue weighted by Crippen LogP contribution is -2.46. The third kappa shape index (κ3) is 3.54. The maximum absolute atomic E-state index is 12.6. The van der Waals surface area contributed by atoms with Gasteiger partial charge in [0.2, 0.25) is 10.0 Å². The number of hydrogen-bond acceptors (Lipinski definition) is 4. The Morgan fingerprint density at radius 2 is 1.91 bits per heavy atom. The van der Waals surface area contributed by atoms with Crippen molar-refractivity contribution in [1.82, 2.24) is 10.0 Å². The molecule has 0 saturated carbocycles. The zero-order valence-electron chi connectivity index (χ0n) is 12.3. The minimum atomic E-state index is -3.54. The Morgan fingerprint density at radius 1 is 1.18 bits per heavy atom. The van der Waals surface area contributed by atoms with Crippen LogP contribution in [0.2, 0.25) is 0 Å². The van der Waals surface area contributed by atoms with E-state index in [0.717, 1.165) is 32.4 Å². The SMILES string of the molecule is O=S(=O)(N[C@@H]1CCO[C@H]1C1CCNCC1)c1ccccc1Br. The summed E-state index contributed by atoms with van der Waals surface area (Å²) in [7, 11) is -3.54. The lowest BCUT2D eigenvalue weighted by atomic mass is 9.88. The summed E-state index contributed by atoms with van der Waals surface area (Å²) in [6, 6.07) is 6.75. The zero-order valence-corrected chi connectivity index (χ0v) is 14.7. The van der Waals surface area contributed by atoms with Crippen molar-refractivity contribution in [3.05, 3.63) is 28.7 Å². The summed E-state index contributed by atoms with van der Waals surface area (Å²) >= 11 is 3.31. The van der Waals surface area contributed by atoms with Crippen molar-refractivity contribution in [2.24, 2.45) is 5.92 Å². The van der Waals surface area contributed by atoms with Gasteiger partial charge in [-0.3, -0.25) is 0 Å². The second-order valence-electron chi connectivity index (χ2n) is 5.87. The van der Waals surface area contributed by atoms with E-state index in [4.69, 9.17) is 4.74 Å². The summed E-state index contributed by atoms with van der Waals surface area (Å²) in [6.45, 7) is 2.58. The second-order valence-corrected chi connectivity index (χ2v) is 8.41. The number of sulfonamides is 1. The highest BCUT2D eigenvalue weighted by Gasteiger charge is 2.38. The van der Waals surface area contributed by atoms with Crippen LogP contribution >= 0.6 is 15.9 Å². The zero-order chi connectivity index (χ0) is 15.6. The minimum Gasteiger partial charge on any atom is -0.376 e. The maximum Gasteiger partial charge on any atom is 0.242 e. The molecular formula is C15H21BrN2O3S. The van der Waals surface area contributed by atoms with E-state index in [9.17, 15) is 8.42 Å². The lowest BCUT2D eigenvalue weighted by molar-refractivity contribution is 0.0414. The number of rotatable bonds is 4. The van der Waals surface area contributed by atoms with Gasteiger partial charge in [-0.15, -0.1) is 0 Å². The van der Waals surface area contributed by atoms with E-state index in [2.05, 4.69) is 26.0 Å². The molecule has 0 spiro atoms. The van der Waals surface area contributed by atoms with Crippen LogP contribution in [0, 0.1) is 5.92 Å². The van der Waals surface area contributed by atoms with Crippen LogP contribution in [0.15, 0.2) is 33.6 Å². The minimum absolute atomic E-state index is 0.0145. The molecule has 5 nitrogen and oxygen atoms in total. The molecule has 2 fully saturated rings. The van der Waals surface area contributed by atoms with Crippen LogP contribution in [-0.2, 0) is 14.8 Å². The molecule has 1 aromatic carbocycles. The Kier molecular flexibility index (Phi) is 5.19. The number of hydrogen-bond donors (Lipinski definition) is 2. The first-order valence-corrected chi connectivity index (χ1v) is 9.95. The van der Waals surface area contributed by atoms with Crippen molar-refractivity contribution in [2.75, 3.05) is 19.7 Å². The molecule has 0 amide bonds. The average Bonchev–Trinajstić information content (AvgIpc) is 2.96. The van der Waals surface area contributed by atoms with Crippen LogP contribution in [-0.4, -0.2) is 40.3 Å². The summed E-state index contributed by atoms with van der Waals surface area (Å²) in [5, 5.41) is 3.33. The first-order valence-electron chi connectivity index (χ1n) is 7.67. The van der Waals surface area contributed by atoms with Crippen molar-refractivity contribution in [3.63, 3.8) is 0 Å². The van der Waals surface area contributed by atoms with Gasteiger partial charge in [0.05, 0.1) is 17.0 Å². The van der Waals surface area contributed by atoms with Gasteiger partial charge in [-0.1, -0.05) is 12.1 Å². The topological polar surface area (TPSA) is 67.4 Å². The van der Waals surface area contributed by atoms with E-state index in [1.54, 1.807) is 24.3 Å². The van der Waals surface area contributed by atoms with E-state index >= 15 is 0 Å². The molecular weight excluding hydrogens is 368 g/mol. The number of benzene rings is 1. The average molecular weight is 389 g/mol. The molecule has 0 unspecified atom stereocenters. The number of piperidine rings is 1. The van der Waals surface area contributed by atoms with Crippen LogP contribution in [0.5, 0.6) is 0 Å². The van der Waals surface area contributed by atoms with E-state index in [1.807, 2.05) is 0 Å². The Balaban J connectivity index is 1.75. The molecule has 2 N–H and O–H groups in total. The van der Waals surface area contributed by atoms with Crippen LogP contribution in [0.3, 0.4) is 0 Å². The summed E-state index contributed by atoms with van der Waals surface area (Å²) in [5.74, 6) is 0.427.